The molecule has 0 atom stereocenters. The average molecular weight is 410 g/mol. The predicted octanol–water partition coefficient (Wildman–Crippen LogP) is 5.19. The molecule has 1 amide bonds. The predicted molar refractivity (Wildman–Crippen MR) is 109 cm³/mol. The molecule has 0 bridgehead atoms. The molecule has 0 radical (unpaired) electrons. The number of carbonyl (C=O) groups excluding carboxylic acids is 1. The maximum atomic E-state index is 14.1. The van der Waals surface area contributed by atoms with Crippen molar-refractivity contribution in [3.63, 3.8) is 0 Å². The van der Waals surface area contributed by atoms with E-state index in [4.69, 9.17) is 4.74 Å². The zero-order valence-corrected chi connectivity index (χ0v) is 16.0. The highest BCUT2D eigenvalue weighted by molar-refractivity contribution is 7.22. The molecule has 0 unspecified atom stereocenters. The van der Waals surface area contributed by atoms with Crippen LogP contribution in [0.15, 0.2) is 72.8 Å². The molecule has 146 valence electrons. The van der Waals surface area contributed by atoms with Crippen LogP contribution in [-0.4, -0.2) is 17.5 Å². The Hall–Kier alpha value is -3.32. The molecule has 0 aliphatic carbocycles. The van der Waals surface area contributed by atoms with Crippen LogP contribution in [0.3, 0.4) is 0 Å². The van der Waals surface area contributed by atoms with Gasteiger partial charge in [-0.15, -0.1) is 0 Å². The second kappa shape index (κ2) is 8.36. The lowest BCUT2D eigenvalue weighted by Gasteiger charge is -2.20. The average Bonchev–Trinajstić information content (AvgIpc) is 3.17. The van der Waals surface area contributed by atoms with E-state index >= 15 is 0 Å². The van der Waals surface area contributed by atoms with E-state index in [-0.39, 0.29) is 24.4 Å². The van der Waals surface area contributed by atoms with Crippen LogP contribution in [0, 0.1) is 11.6 Å². The Bertz CT molecular complexity index is 1150. The van der Waals surface area contributed by atoms with Gasteiger partial charge >= 0.3 is 0 Å². The van der Waals surface area contributed by atoms with E-state index < -0.39 is 17.5 Å². The number of fused-ring (bicyclic) bond motifs is 1. The summed E-state index contributed by atoms with van der Waals surface area (Å²) < 4.78 is 33.9. The summed E-state index contributed by atoms with van der Waals surface area (Å²) in [6.45, 7) is -0.131. The normalized spacial score (nSPS) is 10.8. The molecule has 4 aromatic rings. The zero-order valence-electron chi connectivity index (χ0n) is 15.2. The number of carbonyl (C=O) groups is 1. The number of para-hydroxylation sites is 2. The van der Waals surface area contributed by atoms with E-state index in [2.05, 4.69) is 4.98 Å². The van der Waals surface area contributed by atoms with Crippen LogP contribution in [0.2, 0.25) is 0 Å². The molecule has 1 aromatic heterocycles. The number of rotatable bonds is 6. The Morgan fingerprint density at radius 3 is 2.41 bits per heavy atom. The summed E-state index contributed by atoms with van der Waals surface area (Å²) in [6, 6.07) is 19.9. The molecule has 0 aliphatic rings. The minimum absolute atomic E-state index is 0.00384. The molecular formula is C22H16F2N2O2S. The largest absolute Gasteiger partial charge is 0.481 e. The quantitative estimate of drug-likeness (QED) is 0.440. The number of nitrogens with zero attached hydrogens (tertiary/aromatic N) is 2. The maximum absolute atomic E-state index is 14.1. The number of aromatic nitrogens is 1. The third-order valence-electron chi connectivity index (χ3n) is 4.26. The zero-order chi connectivity index (χ0) is 20.2. The first-order chi connectivity index (χ1) is 14.1. The Morgan fingerprint density at radius 1 is 0.931 bits per heavy atom. The number of benzene rings is 3. The summed E-state index contributed by atoms with van der Waals surface area (Å²) in [5.74, 6) is -1.40. The molecule has 0 fully saturated rings. The van der Waals surface area contributed by atoms with Crippen molar-refractivity contribution in [3.8, 4) is 5.75 Å². The highest BCUT2D eigenvalue weighted by Gasteiger charge is 2.22. The number of amides is 1. The molecule has 7 heteroatoms. The Kier molecular flexibility index (Phi) is 5.48. The minimum Gasteiger partial charge on any atom is -0.481 e. The van der Waals surface area contributed by atoms with Crippen molar-refractivity contribution in [2.24, 2.45) is 0 Å². The van der Waals surface area contributed by atoms with E-state index in [1.54, 1.807) is 24.3 Å². The van der Waals surface area contributed by atoms with E-state index in [9.17, 15) is 13.6 Å². The molecule has 29 heavy (non-hydrogen) atoms. The summed E-state index contributed by atoms with van der Waals surface area (Å²) in [6.07, 6.45) is 0. The van der Waals surface area contributed by atoms with Crippen LogP contribution in [0.4, 0.5) is 13.9 Å². The summed E-state index contributed by atoms with van der Waals surface area (Å²) in [5.41, 5.74) is 1.10. The first-order valence-corrected chi connectivity index (χ1v) is 9.70. The number of hydrogen-bond donors (Lipinski definition) is 0. The fraction of sp³-hybridized carbons (Fsp3) is 0.0909. The van der Waals surface area contributed by atoms with Gasteiger partial charge in [-0.2, -0.15) is 0 Å². The maximum Gasteiger partial charge on any atom is 0.267 e. The van der Waals surface area contributed by atoms with Crippen molar-refractivity contribution in [1.29, 1.82) is 0 Å². The van der Waals surface area contributed by atoms with Crippen molar-refractivity contribution >= 4 is 32.6 Å². The van der Waals surface area contributed by atoms with Crippen LogP contribution in [0.5, 0.6) is 5.75 Å². The molecule has 0 saturated carbocycles. The van der Waals surface area contributed by atoms with E-state index in [0.29, 0.717) is 9.83 Å². The number of ether oxygens (including phenoxy) is 1. The summed E-state index contributed by atoms with van der Waals surface area (Å²) in [7, 11) is 0. The van der Waals surface area contributed by atoms with Gasteiger partial charge in [0.2, 0.25) is 0 Å². The number of anilines is 1. The molecule has 3 aromatic carbocycles. The van der Waals surface area contributed by atoms with Gasteiger partial charge in [0.15, 0.2) is 23.3 Å². The molecule has 0 saturated heterocycles. The van der Waals surface area contributed by atoms with Crippen LogP contribution < -0.4 is 9.64 Å². The molecule has 0 spiro atoms. The van der Waals surface area contributed by atoms with Gasteiger partial charge in [0.25, 0.3) is 5.91 Å². The minimum atomic E-state index is -0.544. The smallest absolute Gasteiger partial charge is 0.267 e. The van der Waals surface area contributed by atoms with Crippen molar-refractivity contribution in [1.82, 2.24) is 4.98 Å². The highest BCUT2D eigenvalue weighted by Crippen LogP contribution is 2.31. The van der Waals surface area contributed by atoms with Gasteiger partial charge in [-0.25, -0.2) is 13.8 Å². The first-order valence-electron chi connectivity index (χ1n) is 8.88. The van der Waals surface area contributed by atoms with Gasteiger partial charge in [-0.1, -0.05) is 59.9 Å². The Balaban J connectivity index is 1.63. The molecular weight excluding hydrogens is 394 g/mol. The Morgan fingerprint density at radius 2 is 1.66 bits per heavy atom. The lowest BCUT2D eigenvalue weighted by molar-refractivity contribution is -0.120. The number of halogens is 2. The lowest BCUT2D eigenvalue weighted by atomic mass is 10.2. The van der Waals surface area contributed by atoms with E-state index in [1.807, 2.05) is 30.3 Å². The van der Waals surface area contributed by atoms with Crippen LogP contribution in [-0.2, 0) is 11.3 Å². The second-order valence-corrected chi connectivity index (χ2v) is 7.28. The third-order valence-corrected chi connectivity index (χ3v) is 5.31. The fourth-order valence-corrected chi connectivity index (χ4v) is 3.82. The monoisotopic (exact) mass is 410 g/mol. The second-order valence-electron chi connectivity index (χ2n) is 6.27. The van der Waals surface area contributed by atoms with Gasteiger partial charge in [0, 0.05) is 0 Å². The van der Waals surface area contributed by atoms with Gasteiger partial charge in [-0.3, -0.25) is 9.69 Å². The van der Waals surface area contributed by atoms with Crippen molar-refractivity contribution in [2.75, 3.05) is 11.5 Å². The Labute approximate surface area is 170 Å². The third kappa shape index (κ3) is 4.25. The van der Waals surface area contributed by atoms with Crippen LogP contribution in [0.1, 0.15) is 5.56 Å². The standard InChI is InChI=1S/C22H16F2N2O2S/c23-16-9-4-5-11-18(16)28-14-20(27)26(13-15-7-2-1-3-8-15)22-25-21-17(24)10-6-12-19(21)29-22/h1-12H,13-14H2. The highest BCUT2D eigenvalue weighted by atomic mass is 32.1. The van der Waals surface area contributed by atoms with Gasteiger partial charge < -0.3 is 4.74 Å². The van der Waals surface area contributed by atoms with Gasteiger partial charge in [-0.05, 0) is 29.8 Å². The van der Waals surface area contributed by atoms with Gasteiger partial charge in [0.05, 0.1) is 11.2 Å². The van der Waals surface area contributed by atoms with Crippen molar-refractivity contribution < 1.29 is 18.3 Å². The van der Waals surface area contributed by atoms with Gasteiger partial charge in [0.1, 0.15) is 11.3 Å². The van der Waals surface area contributed by atoms with Crippen LogP contribution >= 0.6 is 11.3 Å². The summed E-state index contributed by atoms with van der Waals surface area (Å²) in [5, 5.41) is 0.357. The number of thiazole rings is 1. The van der Waals surface area contributed by atoms with Crippen LogP contribution in [0.25, 0.3) is 10.2 Å². The van der Waals surface area contributed by atoms with E-state index in [1.165, 1.54) is 34.4 Å². The number of hydrogen-bond acceptors (Lipinski definition) is 4. The molecule has 0 N–H and O–H groups in total. The fourth-order valence-electron chi connectivity index (χ4n) is 2.83. The summed E-state index contributed by atoms with van der Waals surface area (Å²) in [4.78, 5) is 18.7. The molecule has 0 aliphatic heterocycles. The SMILES string of the molecule is O=C(COc1ccccc1F)N(Cc1ccccc1)c1nc2c(F)cccc2s1. The molecule has 4 rings (SSSR count). The lowest BCUT2D eigenvalue weighted by Crippen LogP contribution is -2.34. The topological polar surface area (TPSA) is 42.4 Å². The molecule has 1 heterocycles. The molecule has 4 nitrogen and oxygen atoms in total. The van der Waals surface area contributed by atoms with Crippen molar-refractivity contribution in [2.45, 2.75) is 6.54 Å². The summed E-state index contributed by atoms with van der Waals surface area (Å²) >= 11 is 1.22. The first kappa shape index (κ1) is 19.0. The van der Waals surface area contributed by atoms with Crippen molar-refractivity contribution in [3.05, 3.63) is 90.0 Å². The van der Waals surface area contributed by atoms with E-state index in [0.717, 1.165) is 5.56 Å².